The maximum atomic E-state index is 13.7. The molecule has 6 heteroatoms. The van der Waals surface area contributed by atoms with Crippen molar-refractivity contribution in [1.82, 2.24) is 5.32 Å². The van der Waals surface area contributed by atoms with Gasteiger partial charge in [0.25, 0.3) is 5.91 Å². The number of halogens is 1. The van der Waals surface area contributed by atoms with E-state index >= 15 is 0 Å². The van der Waals surface area contributed by atoms with Crippen LogP contribution >= 0.6 is 0 Å². The van der Waals surface area contributed by atoms with E-state index in [4.69, 9.17) is 9.47 Å². The number of methoxy groups -OCH3 is 1. The molecule has 0 radical (unpaired) electrons. The molecule has 0 aromatic heterocycles. The maximum absolute atomic E-state index is 13.7. The topological polar surface area (TPSA) is 64.6 Å². The van der Waals surface area contributed by atoms with E-state index in [0.29, 0.717) is 5.56 Å². The minimum absolute atomic E-state index is 0.104. The van der Waals surface area contributed by atoms with Crippen LogP contribution in [-0.2, 0) is 20.7 Å². The van der Waals surface area contributed by atoms with Crippen molar-refractivity contribution in [2.75, 3.05) is 7.11 Å². The van der Waals surface area contributed by atoms with Gasteiger partial charge in [0.15, 0.2) is 17.7 Å². The molecule has 2 atom stereocenters. The average Bonchev–Trinajstić information content (AvgIpc) is 2.68. The number of amides is 1. The average molecular weight is 387 g/mol. The second kappa shape index (κ2) is 10.4. The molecule has 2 aromatic rings. The maximum Gasteiger partial charge on any atom is 0.311 e. The van der Waals surface area contributed by atoms with E-state index in [0.717, 1.165) is 18.4 Å². The highest BCUT2D eigenvalue weighted by atomic mass is 19.1. The SMILES string of the molecule is CCC[C@H](NC(=O)[C@@H](C)OC(=O)Cc1ccc(OC)c(F)c1)c1ccccc1. The van der Waals surface area contributed by atoms with Gasteiger partial charge in [0, 0.05) is 0 Å². The van der Waals surface area contributed by atoms with Crippen LogP contribution in [0.3, 0.4) is 0 Å². The highest BCUT2D eigenvalue weighted by Crippen LogP contribution is 2.19. The molecule has 0 aliphatic rings. The number of rotatable bonds is 9. The Bertz CT molecular complexity index is 794. The van der Waals surface area contributed by atoms with E-state index in [-0.39, 0.29) is 24.1 Å². The summed E-state index contributed by atoms with van der Waals surface area (Å²) in [5.74, 6) is -1.41. The second-order valence-electron chi connectivity index (χ2n) is 6.54. The van der Waals surface area contributed by atoms with Gasteiger partial charge in [-0.1, -0.05) is 49.7 Å². The number of esters is 1. The molecule has 28 heavy (non-hydrogen) atoms. The van der Waals surface area contributed by atoms with Gasteiger partial charge in [-0.05, 0) is 36.6 Å². The van der Waals surface area contributed by atoms with Crippen molar-refractivity contribution < 1.29 is 23.5 Å². The van der Waals surface area contributed by atoms with Crippen LogP contribution in [0.4, 0.5) is 4.39 Å². The van der Waals surface area contributed by atoms with Gasteiger partial charge < -0.3 is 14.8 Å². The van der Waals surface area contributed by atoms with Crippen LogP contribution in [0.1, 0.15) is 43.9 Å². The van der Waals surface area contributed by atoms with Crippen LogP contribution in [0.5, 0.6) is 5.75 Å². The summed E-state index contributed by atoms with van der Waals surface area (Å²) in [6, 6.07) is 13.8. The Balaban J connectivity index is 1.93. The van der Waals surface area contributed by atoms with Gasteiger partial charge in [-0.3, -0.25) is 9.59 Å². The van der Waals surface area contributed by atoms with E-state index in [1.807, 2.05) is 37.3 Å². The molecule has 0 aliphatic heterocycles. The van der Waals surface area contributed by atoms with Crippen molar-refractivity contribution >= 4 is 11.9 Å². The highest BCUT2D eigenvalue weighted by molar-refractivity contribution is 5.84. The molecule has 1 N–H and O–H groups in total. The first-order valence-electron chi connectivity index (χ1n) is 9.31. The lowest BCUT2D eigenvalue weighted by Crippen LogP contribution is -2.38. The summed E-state index contributed by atoms with van der Waals surface area (Å²) in [5.41, 5.74) is 1.45. The van der Waals surface area contributed by atoms with E-state index in [9.17, 15) is 14.0 Å². The van der Waals surface area contributed by atoms with Crippen molar-refractivity contribution in [2.45, 2.75) is 45.3 Å². The third-order valence-electron chi connectivity index (χ3n) is 4.34. The molecule has 0 fully saturated rings. The van der Waals surface area contributed by atoms with E-state index < -0.39 is 17.9 Å². The van der Waals surface area contributed by atoms with Crippen LogP contribution in [-0.4, -0.2) is 25.1 Å². The number of ether oxygens (including phenoxy) is 2. The molecule has 2 rings (SSSR count). The largest absolute Gasteiger partial charge is 0.494 e. The molecule has 5 nitrogen and oxygen atoms in total. The zero-order chi connectivity index (χ0) is 20.5. The van der Waals surface area contributed by atoms with Crippen molar-refractivity contribution in [1.29, 1.82) is 0 Å². The Morgan fingerprint density at radius 3 is 2.46 bits per heavy atom. The standard InChI is InChI=1S/C22H26FNO4/c1-4-8-19(17-9-6-5-7-10-17)24-22(26)15(2)28-21(25)14-16-11-12-20(27-3)18(23)13-16/h5-7,9-13,15,19H,4,8,14H2,1-3H3,(H,24,26)/t15-,19+/m1/s1. The summed E-state index contributed by atoms with van der Waals surface area (Å²) in [5, 5.41) is 2.93. The van der Waals surface area contributed by atoms with Crippen molar-refractivity contribution in [3.8, 4) is 5.75 Å². The lowest BCUT2D eigenvalue weighted by Gasteiger charge is -2.21. The van der Waals surface area contributed by atoms with Crippen LogP contribution < -0.4 is 10.1 Å². The Morgan fingerprint density at radius 2 is 1.86 bits per heavy atom. The summed E-state index contributed by atoms with van der Waals surface area (Å²) in [4.78, 5) is 24.6. The van der Waals surface area contributed by atoms with Gasteiger partial charge >= 0.3 is 5.97 Å². The normalized spacial score (nSPS) is 12.7. The molecule has 1 amide bonds. The summed E-state index contributed by atoms with van der Waals surface area (Å²) in [7, 11) is 1.37. The Kier molecular flexibility index (Phi) is 7.99. The van der Waals surface area contributed by atoms with Crippen molar-refractivity contribution in [2.24, 2.45) is 0 Å². The second-order valence-corrected chi connectivity index (χ2v) is 6.54. The lowest BCUT2D eigenvalue weighted by atomic mass is 10.0. The number of carbonyl (C=O) groups is 2. The van der Waals surface area contributed by atoms with Crippen molar-refractivity contribution in [3.63, 3.8) is 0 Å². The molecule has 2 aromatic carbocycles. The number of nitrogens with one attached hydrogen (secondary N) is 1. The lowest BCUT2D eigenvalue weighted by molar-refractivity contribution is -0.154. The molecule has 0 unspecified atom stereocenters. The van der Waals surface area contributed by atoms with Gasteiger partial charge in [-0.15, -0.1) is 0 Å². The first-order chi connectivity index (χ1) is 13.4. The minimum atomic E-state index is -0.946. The zero-order valence-electron chi connectivity index (χ0n) is 16.4. The van der Waals surface area contributed by atoms with Crippen LogP contribution in [0, 0.1) is 5.82 Å². The molecule has 150 valence electrons. The molecular formula is C22H26FNO4. The molecule has 0 heterocycles. The Morgan fingerprint density at radius 1 is 1.14 bits per heavy atom. The number of hydrogen-bond acceptors (Lipinski definition) is 4. The number of benzene rings is 2. The van der Waals surface area contributed by atoms with Crippen molar-refractivity contribution in [3.05, 3.63) is 65.5 Å². The fourth-order valence-corrected chi connectivity index (χ4v) is 2.86. The van der Waals surface area contributed by atoms with E-state index in [2.05, 4.69) is 5.32 Å². The zero-order valence-corrected chi connectivity index (χ0v) is 16.4. The first kappa shape index (κ1) is 21.4. The molecular weight excluding hydrogens is 361 g/mol. The summed E-state index contributed by atoms with van der Waals surface area (Å²) in [6.45, 7) is 3.56. The highest BCUT2D eigenvalue weighted by Gasteiger charge is 2.22. The summed E-state index contributed by atoms with van der Waals surface area (Å²) >= 11 is 0. The van der Waals surface area contributed by atoms with Crippen LogP contribution in [0.2, 0.25) is 0 Å². The minimum Gasteiger partial charge on any atom is -0.494 e. The monoisotopic (exact) mass is 387 g/mol. The predicted octanol–water partition coefficient (Wildman–Crippen LogP) is 3.97. The number of carbonyl (C=O) groups excluding carboxylic acids is 2. The quantitative estimate of drug-likeness (QED) is 0.662. The molecule has 0 saturated heterocycles. The first-order valence-corrected chi connectivity index (χ1v) is 9.31. The Hall–Kier alpha value is -2.89. The smallest absolute Gasteiger partial charge is 0.311 e. The van der Waals surface area contributed by atoms with Gasteiger partial charge in [0.05, 0.1) is 19.6 Å². The van der Waals surface area contributed by atoms with Gasteiger partial charge in [-0.25, -0.2) is 4.39 Å². The third-order valence-corrected chi connectivity index (χ3v) is 4.34. The van der Waals surface area contributed by atoms with Crippen LogP contribution in [0.15, 0.2) is 48.5 Å². The molecule has 0 saturated carbocycles. The molecule has 0 bridgehead atoms. The number of hydrogen-bond donors (Lipinski definition) is 1. The fourth-order valence-electron chi connectivity index (χ4n) is 2.86. The van der Waals surface area contributed by atoms with E-state index in [1.165, 1.54) is 26.2 Å². The Labute approximate surface area is 164 Å². The fraction of sp³-hybridized carbons (Fsp3) is 0.364. The predicted molar refractivity (Wildman–Crippen MR) is 104 cm³/mol. The summed E-state index contributed by atoms with van der Waals surface area (Å²) in [6.07, 6.45) is 0.604. The van der Waals surface area contributed by atoms with Crippen LogP contribution in [0.25, 0.3) is 0 Å². The van der Waals surface area contributed by atoms with Gasteiger partial charge in [0.1, 0.15) is 0 Å². The van der Waals surface area contributed by atoms with Gasteiger partial charge in [-0.2, -0.15) is 0 Å². The third kappa shape index (κ3) is 6.08. The molecule has 0 spiro atoms. The molecule has 0 aliphatic carbocycles. The van der Waals surface area contributed by atoms with Gasteiger partial charge in [0.2, 0.25) is 0 Å². The summed E-state index contributed by atoms with van der Waals surface area (Å²) < 4.78 is 23.8. The van der Waals surface area contributed by atoms with E-state index in [1.54, 1.807) is 6.07 Å².